The fourth-order valence-electron chi connectivity index (χ4n) is 2.73. The van der Waals surface area contributed by atoms with Crippen molar-refractivity contribution in [1.29, 1.82) is 5.26 Å². The predicted octanol–water partition coefficient (Wildman–Crippen LogP) is 1.64. The van der Waals surface area contributed by atoms with Gasteiger partial charge in [-0.3, -0.25) is 4.68 Å². The quantitative estimate of drug-likeness (QED) is 0.586. The Morgan fingerprint density at radius 3 is 2.80 bits per heavy atom. The zero-order valence-corrected chi connectivity index (χ0v) is 13.2. The highest BCUT2D eigenvalue weighted by molar-refractivity contribution is 5.76. The molecule has 0 bridgehead atoms. The van der Waals surface area contributed by atoms with E-state index in [9.17, 15) is 0 Å². The normalized spacial score (nSPS) is 10.8. The van der Waals surface area contributed by atoms with Crippen molar-refractivity contribution in [2.75, 3.05) is 5.73 Å². The molecule has 25 heavy (non-hydrogen) atoms. The number of nitrogens with zero attached hydrogens (tertiary/aromatic N) is 6. The van der Waals surface area contributed by atoms with Gasteiger partial charge in [0, 0.05) is 12.6 Å². The highest BCUT2D eigenvalue weighted by Gasteiger charge is 2.10. The van der Waals surface area contributed by atoms with E-state index in [0.29, 0.717) is 35.5 Å². The van der Waals surface area contributed by atoms with E-state index < -0.39 is 0 Å². The van der Waals surface area contributed by atoms with Gasteiger partial charge in [0.15, 0.2) is 0 Å². The third kappa shape index (κ3) is 3.03. The van der Waals surface area contributed by atoms with Gasteiger partial charge < -0.3 is 5.73 Å². The lowest BCUT2D eigenvalue weighted by Crippen LogP contribution is -2.00. The standard InChI is InChI=1S/C17H14N8/c18-7-11-1-3-12(4-2-11)9-25-10-13(8-20-25)5-14-6-15(19)21-17-16(14)22-24-23-17/h1-4,6,8,10H,5,9H2,(H3,19,21,22,23,24). The number of nitriles is 1. The largest absolute Gasteiger partial charge is 0.384 e. The average molecular weight is 330 g/mol. The topological polar surface area (TPSA) is 122 Å². The van der Waals surface area contributed by atoms with Crippen LogP contribution >= 0.6 is 0 Å². The number of nitrogen functional groups attached to an aromatic ring is 1. The van der Waals surface area contributed by atoms with E-state index in [1.54, 1.807) is 12.1 Å². The van der Waals surface area contributed by atoms with Gasteiger partial charge >= 0.3 is 0 Å². The second-order valence-corrected chi connectivity index (χ2v) is 5.73. The number of benzene rings is 1. The highest BCUT2D eigenvalue weighted by Crippen LogP contribution is 2.19. The van der Waals surface area contributed by atoms with Crippen LogP contribution in [0.4, 0.5) is 5.82 Å². The van der Waals surface area contributed by atoms with Crippen molar-refractivity contribution in [3.8, 4) is 6.07 Å². The van der Waals surface area contributed by atoms with Gasteiger partial charge in [0.25, 0.3) is 0 Å². The summed E-state index contributed by atoms with van der Waals surface area (Å²) >= 11 is 0. The first-order valence-electron chi connectivity index (χ1n) is 7.67. The average Bonchev–Trinajstić information content (AvgIpc) is 3.25. The third-order valence-corrected chi connectivity index (χ3v) is 3.90. The number of nitrogens with two attached hydrogens (primary N) is 1. The van der Waals surface area contributed by atoms with Crippen LogP contribution in [0, 0.1) is 11.3 Å². The molecule has 122 valence electrons. The maximum atomic E-state index is 8.85. The molecular formula is C17H14N8. The maximum Gasteiger partial charge on any atom is 0.203 e. The summed E-state index contributed by atoms with van der Waals surface area (Å²) in [7, 11) is 0. The van der Waals surface area contributed by atoms with Crippen molar-refractivity contribution in [3.05, 3.63) is 65.0 Å². The number of pyridine rings is 1. The Balaban J connectivity index is 1.54. The van der Waals surface area contributed by atoms with Gasteiger partial charge in [0.2, 0.25) is 5.65 Å². The molecule has 0 atom stereocenters. The van der Waals surface area contributed by atoms with E-state index in [4.69, 9.17) is 11.0 Å². The van der Waals surface area contributed by atoms with Crippen molar-refractivity contribution >= 4 is 17.0 Å². The van der Waals surface area contributed by atoms with Crippen LogP contribution in [0.15, 0.2) is 42.7 Å². The van der Waals surface area contributed by atoms with Crippen LogP contribution in [0.5, 0.6) is 0 Å². The van der Waals surface area contributed by atoms with E-state index in [0.717, 1.165) is 16.7 Å². The van der Waals surface area contributed by atoms with Gasteiger partial charge in [0.05, 0.1) is 24.4 Å². The minimum Gasteiger partial charge on any atom is -0.384 e. The molecule has 3 N–H and O–H groups in total. The molecule has 0 unspecified atom stereocenters. The number of H-pyrrole nitrogens is 1. The monoisotopic (exact) mass is 330 g/mol. The summed E-state index contributed by atoms with van der Waals surface area (Å²) in [5.41, 5.74) is 10.8. The molecule has 0 spiro atoms. The second-order valence-electron chi connectivity index (χ2n) is 5.73. The van der Waals surface area contributed by atoms with Crippen LogP contribution in [0.3, 0.4) is 0 Å². The summed E-state index contributed by atoms with van der Waals surface area (Å²) in [5, 5.41) is 24.0. The smallest absolute Gasteiger partial charge is 0.203 e. The summed E-state index contributed by atoms with van der Waals surface area (Å²) in [4.78, 5) is 4.14. The molecule has 8 nitrogen and oxygen atoms in total. The molecule has 0 saturated carbocycles. The Bertz CT molecular complexity index is 1070. The molecule has 4 aromatic rings. The van der Waals surface area contributed by atoms with Crippen molar-refractivity contribution in [2.45, 2.75) is 13.0 Å². The molecule has 0 amide bonds. The first-order valence-corrected chi connectivity index (χ1v) is 7.67. The van der Waals surface area contributed by atoms with Crippen molar-refractivity contribution in [1.82, 2.24) is 30.2 Å². The minimum absolute atomic E-state index is 0.418. The second kappa shape index (κ2) is 6.05. The number of nitrogens with one attached hydrogen (secondary N) is 1. The Morgan fingerprint density at radius 2 is 2.00 bits per heavy atom. The Kier molecular flexibility index (Phi) is 3.59. The molecule has 4 rings (SSSR count). The number of fused-ring (bicyclic) bond motifs is 1. The van der Waals surface area contributed by atoms with Crippen LogP contribution in [-0.2, 0) is 13.0 Å². The van der Waals surface area contributed by atoms with E-state index in [-0.39, 0.29) is 0 Å². The number of aromatic amines is 1. The van der Waals surface area contributed by atoms with Crippen LogP contribution in [0.25, 0.3) is 11.2 Å². The van der Waals surface area contributed by atoms with Gasteiger partial charge in [0.1, 0.15) is 11.3 Å². The first-order chi connectivity index (χ1) is 12.2. The fourth-order valence-corrected chi connectivity index (χ4v) is 2.73. The molecule has 0 aliphatic carbocycles. The number of anilines is 1. The zero-order chi connectivity index (χ0) is 17.2. The summed E-state index contributed by atoms with van der Waals surface area (Å²) in [6.45, 7) is 0.642. The molecule has 0 aliphatic rings. The highest BCUT2D eigenvalue weighted by atomic mass is 15.3. The van der Waals surface area contributed by atoms with E-state index in [1.807, 2.05) is 35.3 Å². The number of aromatic nitrogens is 6. The molecule has 0 radical (unpaired) electrons. The lowest BCUT2D eigenvalue weighted by atomic mass is 10.1. The summed E-state index contributed by atoms with van der Waals surface area (Å²) in [6, 6.07) is 11.4. The predicted molar refractivity (Wildman–Crippen MR) is 91.4 cm³/mol. The first kappa shape index (κ1) is 14.8. The van der Waals surface area contributed by atoms with E-state index >= 15 is 0 Å². The van der Waals surface area contributed by atoms with Crippen molar-refractivity contribution < 1.29 is 0 Å². The lowest BCUT2D eigenvalue weighted by Gasteiger charge is -2.02. The summed E-state index contributed by atoms with van der Waals surface area (Å²) in [6.07, 6.45) is 4.45. The molecule has 0 saturated heterocycles. The number of hydrogen-bond donors (Lipinski definition) is 2. The Hall–Kier alpha value is -3.73. The zero-order valence-electron chi connectivity index (χ0n) is 13.2. The van der Waals surface area contributed by atoms with Crippen molar-refractivity contribution in [3.63, 3.8) is 0 Å². The van der Waals surface area contributed by atoms with Gasteiger partial charge in [-0.25, -0.2) is 4.98 Å². The van der Waals surface area contributed by atoms with Gasteiger partial charge in [-0.05, 0) is 34.9 Å². The molecular weight excluding hydrogens is 316 g/mol. The van der Waals surface area contributed by atoms with E-state index in [2.05, 4.69) is 31.6 Å². The molecule has 0 fully saturated rings. The molecule has 3 heterocycles. The van der Waals surface area contributed by atoms with Gasteiger partial charge in [-0.2, -0.15) is 20.7 Å². The van der Waals surface area contributed by atoms with Crippen LogP contribution in [0.1, 0.15) is 22.3 Å². The maximum absolute atomic E-state index is 8.85. The number of rotatable bonds is 4. The fraction of sp³-hybridized carbons (Fsp3) is 0.118. The van der Waals surface area contributed by atoms with E-state index in [1.165, 1.54) is 0 Å². The van der Waals surface area contributed by atoms with Crippen LogP contribution < -0.4 is 5.73 Å². The molecule has 1 aromatic carbocycles. The molecule has 3 aromatic heterocycles. The van der Waals surface area contributed by atoms with Crippen LogP contribution in [0.2, 0.25) is 0 Å². The minimum atomic E-state index is 0.418. The number of hydrogen-bond acceptors (Lipinski definition) is 6. The summed E-state index contributed by atoms with van der Waals surface area (Å²) in [5.74, 6) is 0.418. The van der Waals surface area contributed by atoms with Crippen LogP contribution in [-0.4, -0.2) is 30.2 Å². The summed E-state index contributed by atoms with van der Waals surface area (Å²) < 4.78 is 1.86. The Labute approximate surface area is 142 Å². The van der Waals surface area contributed by atoms with Crippen molar-refractivity contribution in [2.24, 2.45) is 0 Å². The van der Waals surface area contributed by atoms with Gasteiger partial charge in [-0.1, -0.05) is 12.1 Å². The Morgan fingerprint density at radius 1 is 1.16 bits per heavy atom. The van der Waals surface area contributed by atoms with Gasteiger partial charge in [-0.15, -0.1) is 5.10 Å². The molecule has 8 heteroatoms. The SMILES string of the molecule is N#Cc1ccc(Cn2cc(Cc3cc(N)nc4n[nH]nc34)cn2)cc1. The lowest BCUT2D eigenvalue weighted by molar-refractivity contribution is 0.686. The molecule has 0 aliphatic heterocycles. The third-order valence-electron chi connectivity index (χ3n) is 3.90.